The standard InChI is InChI=1S/C17H23NO3/c1-5-17(8-9-17)15(19)12(3)16(20)18-13-10-11(2)6-7-14(13)21-4/h6-7,10,12H,5,8-9H2,1-4H3,(H,18,20). The van der Waals surface area contributed by atoms with Crippen molar-refractivity contribution in [3.8, 4) is 5.75 Å². The Bertz CT molecular complexity index is 561. The topological polar surface area (TPSA) is 55.4 Å². The molecule has 0 heterocycles. The Labute approximate surface area is 125 Å². The molecule has 1 amide bonds. The van der Waals surface area contributed by atoms with E-state index in [-0.39, 0.29) is 17.1 Å². The first kappa shape index (κ1) is 15.5. The highest BCUT2D eigenvalue weighted by Crippen LogP contribution is 2.51. The summed E-state index contributed by atoms with van der Waals surface area (Å²) in [6, 6.07) is 5.58. The molecule has 21 heavy (non-hydrogen) atoms. The first-order valence-electron chi connectivity index (χ1n) is 7.43. The Morgan fingerprint density at radius 2 is 2.05 bits per heavy atom. The average Bonchev–Trinajstić information content (AvgIpc) is 3.27. The third kappa shape index (κ3) is 3.09. The zero-order valence-corrected chi connectivity index (χ0v) is 13.2. The lowest BCUT2D eigenvalue weighted by Crippen LogP contribution is -2.32. The van der Waals surface area contributed by atoms with E-state index in [4.69, 9.17) is 4.74 Å². The predicted molar refractivity (Wildman–Crippen MR) is 82.5 cm³/mol. The van der Waals surface area contributed by atoms with Gasteiger partial charge in [-0.3, -0.25) is 9.59 Å². The van der Waals surface area contributed by atoms with Crippen LogP contribution in [0.2, 0.25) is 0 Å². The maximum atomic E-state index is 12.4. The molecule has 2 rings (SSSR count). The molecule has 4 heteroatoms. The zero-order chi connectivity index (χ0) is 15.6. The number of hydrogen-bond acceptors (Lipinski definition) is 3. The third-order valence-electron chi connectivity index (χ3n) is 4.45. The van der Waals surface area contributed by atoms with Crippen molar-refractivity contribution in [3.63, 3.8) is 0 Å². The summed E-state index contributed by atoms with van der Waals surface area (Å²) in [5.41, 5.74) is 1.40. The Kier molecular flexibility index (Phi) is 4.35. The van der Waals surface area contributed by atoms with E-state index in [0.717, 1.165) is 24.8 Å². The minimum atomic E-state index is -0.627. The molecule has 1 atom stereocenters. The summed E-state index contributed by atoms with van der Waals surface area (Å²) < 4.78 is 5.24. The number of rotatable bonds is 6. The number of anilines is 1. The number of methoxy groups -OCH3 is 1. The van der Waals surface area contributed by atoms with Crippen LogP contribution in [-0.4, -0.2) is 18.8 Å². The van der Waals surface area contributed by atoms with Gasteiger partial charge in [0.25, 0.3) is 0 Å². The maximum absolute atomic E-state index is 12.4. The Hall–Kier alpha value is -1.84. The van der Waals surface area contributed by atoms with Gasteiger partial charge in [-0.05, 0) is 50.8 Å². The van der Waals surface area contributed by atoms with Crippen LogP contribution in [0.25, 0.3) is 0 Å². The molecule has 0 spiro atoms. The fourth-order valence-corrected chi connectivity index (χ4v) is 2.66. The monoisotopic (exact) mass is 289 g/mol. The maximum Gasteiger partial charge on any atom is 0.234 e. The van der Waals surface area contributed by atoms with E-state index < -0.39 is 5.92 Å². The molecule has 4 nitrogen and oxygen atoms in total. The summed E-state index contributed by atoms with van der Waals surface area (Å²) in [6.07, 6.45) is 2.64. The second-order valence-electron chi connectivity index (χ2n) is 5.91. The van der Waals surface area contributed by atoms with Crippen molar-refractivity contribution in [2.45, 2.75) is 40.0 Å². The summed E-state index contributed by atoms with van der Waals surface area (Å²) in [5.74, 6) is -0.222. The van der Waals surface area contributed by atoms with Crippen molar-refractivity contribution < 1.29 is 14.3 Å². The normalized spacial score (nSPS) is 17.0. The lowest BCUT2D eigenvalue weighted by atomic mass is 9.88. The van der Waals surface area contributed by atoms with Crippen molar-refractivity contribution in [3.05, 3.63) is 23.8 Å². The second kappa shape index (κ2) is 5.88. The van der Waals surface area contributed by atoms with Gasteiger partial charge >= 0.3 is 0 Å². The number of amides is 1. The SMILES string of the molecule is CCC1(C(=O)C(C)C(=O)Nc2cc(C)ccc2OC)CC1. The van der Waals surface area contributed by atoms with Crippen LogP contribution in [0.4, 0.5) is 5.69 Å². The van der Waals surface area contributed by atoms with Gasteiger partial charge in [0.15, 0.2) is 5.78 Å². The first-order valence-corrected chi connectivity index (χ1v) is 7.43. The number of hydrogen-bond donors (Lipinski definition) is 1. The molecule has 1 unspecified atom stereocenters. The number of benzene rings is 1. The number of ketones is 1. The quantitative estimate of drug-likeness (QED) is 0.817. The van der Waals surface area contributed by atoms with Crippen LogP contribution in [0, 0.1) is 18.3 Å². The lowest BCUT2D eigenvalue weighted by Gasteiger charge is -2.18. The van der Waals surface area contributed by atoms with Crippen LogP contribution in [-0.2, 0) is 9.59 Å². The molecule has 0 radical (unpaired) electrons. The minimum absolute atomic E-state index is 0.0640. The van der Waals surface area contributed by atoms with Crippen molar-refractivity contribution in [2.75, 3.05) is 12.4 Å². The van der Waals surface area contributed by atoms with Gasteiger partial charge in [0.2, 0.25) is 5.91 Å². The van der Waals surface area contributed by atoms with Gasteiger partial charge < -0.3 is 10.1 Å². The molecule has 0 saturated heterocycles. The highest BCUT2D eigenvalue weighted by molar-refractivity contribution is 6.09. The van der Waals surface area contributed by atoms with Gasteiger partial charge in [-0.2, -0.15) is 0 Å². The van der Waals surface area contributed by atoms with Crippen molar-refractivity contribution in [2.24, 2.45) is 11.3 Å². The number of aryl methyl sites for hydroxylation is 1. The molecule has 1 saturated carbocycles. The van der Waals surface area contributed by atoms with Crippen LogP contribution in [0.3, 0.4) is 0 Å². The summed E-state index contributed by atoms with van der Waals surface area (Å²) in [5, 5.41) is 2.82. The third-order valence-corrected chi connectivity index (χ3v) is 4.45. The van der Waals surface area contributed by atoms with Crippen LogP contribution < -0.4 is 10.1 Å². The highest BCUT2D eigenvalue weighted by Gasteiger charge is 2.50. The zero-order valence-electron chi connectivity index (χ0n) is 13.2. The fourth-order valence-electron chi connectivity index (χ4n) is 2.66. The summed E-state index contributed by atoms with van der Waals surface area (Å²) in [7, 11) is 1.56. The number of ether oxygens (including phenoxy) is 1. The van der Waals surface area contributed by atoms with E-state index >= 15 is 0 Å². The van der Waals surface area contributed by atoms with E-state index in [1.54, 1.807) is 14.0 Å². The van der Waals surface area contributed by atoms with E-state index in [0.29, 0.717) is 11.4 Å². The Morgan fingerprint density at radius 3 is 2.57 bits per heavy atom. The first-order chi connectivity index (χ1) is 9.93. The number of carbonyl (C=O) groups excluding carboxylic acids is 2. The van der Waals surface area contributed by atoms with Crippen molar-refractivity contribution in [1.29, 1.82) is 0 Å². The van der Waals surface area contributed by atoms with Crippen molar-refractivity contribution >= 4 is 17.4 Å². The minimum Gasteiger partial charge on any atom is -0.495 e. The largest absolute Gasteiger partial charge is 0.495 e. The van der Waals surface area contributed by atoms with Gasteiger partial charge in [-0.15, -0.1) is 0 Å². The Morgan fingerprint density at radius 1 is 1.38 bits per heavy atom. The average molecular weight is 289 g/mol. The summed E-state index contributed by atoms with van der Waals surface area (Å²) >= 11 is 0. The van der Waals surface area contributed by atoms with Gasteiger partial charge in [0.05, 0.1) is 18.7 Å². The molecule has 114 valence electrons. The summed E-state index contributed by atoms with van der Waals surface area (Å²) in [4.78, 5) is 24.8. The molecule has 0 bridgehead atoms. The highest BCUT2D eigenvalue weighted by atomic mass is 16.5. The van der Waals surface area contributed by atoms with Gasteiger partial charge in [-0.25, -0.2) is 0 Å². The van der Waals surface area contributed by atoms with Crippen LogP contribution in [0.15, 0.2) is 18.2 Å². The molecule has 1 aliphatic carbocycles. The number of Topliss-reactive ketones (excluding diaryl/α,β-unsaturated/α-hetero) is 1. The second-order valence-corrected chi connectivity index (χ2v) is 5.91. The van der Waals surface area contributed by atoms with Gasteiger partial charge in [0, 0.05) is 5.41 Å². The molecule has 1 N–H and O–H groups in total. The fraction of sp³-hybridized carbons (Fsp3) is 0.529. The van der Waals surface area contributed by atoms with Crippen LogP contribution in [0.5, 0.6) is 5.75 Å². The number of carbonyl (C=O) groups is 2. The number of nitrogens with one attached hydrogen (secondary N) is 1. The molecule has 1 aromatic rings. The summed E-state index contributed by atoms with van der Waals surface area (Å²) in [6.45, 7) is 5.65. The van der Waals surface area contributed by atoms with E-state index in [1.807, 2.05) is 32.0 Å². The van der Waals surface area contributed by atoms with Gasteiger partial charge in [-0.1, -0.05) is 13.0 Å². The molecular formula is C17H23NO3. The van der Waals surface area contributed by atoms with E-state index in [2.05, 4.69) is 5.32 Å². The van der Waals surface area contributed by atoms with Crippen molar-refractivity contribution in [1.82, 2.24) is 0 Å². The van der Waals surface area contributed by atoms with Crippen LogP contribution >= 0.6 is 0 Å². The molecule has 1 aliphatic rings. The van der Waals surface area contributed by atoms with Crippen LogP contribution in [0.1, 0.15) is 38.7 Å². The lowest BCUT2D eigenvalue weighted by molar-refractivity contribution is -0.134. The predicted octanol–water partition coefficient (Wildman–Crippen LogP) is 3.34. The molecule has 0 aliphatic heterocycles. The smallest absolute Gasteiger partial charge is 0.234 e. The molecule has 1 fully saturated rings. The van der Waals surface area contributed by atoms with E-state index in [1.165, 1.54) is 0 Å². The molecular weight excluding hydrogens is 266 g/mol. The van der Waals surface area contributed by atoms with Gasteiger partial charge in [0.1, 0.15) is 5.75 Å². The molecule has 0 aromatic heterocycles. The Balaban J connectivity index is 2.11. The van der Waals surface area contributed by atoms with E-state index in [9.17, 15) is 9.59 Å². The molecule has 1 aromatic carbocycles.